The highest BCUT2D eigenvalue weighted by Crippen LogP contribution is 2.48. The van der Waals surface area contributed by atoms with Gasteiger partial charge in [-0.15, -0.1) is 11.8 Å². The zero-order chi connectivity index (χ0) is 44.4. The molecule has 1 fully saturated rings. The lowest BCUT2D eigenvalue weighted by atomic mass is 9.71. The maximum atomic E-state index is 14.7. The molecule has 3 aromatic carbocycles. The van der Waals surface area contributed by atoms with Gasteiger partial charge in [-0.3, -0.25) is 15.0 Å². The van der Waals surface area contributed by atoms with E-state index in [1.54, 1.807) is 37.4 Å². The molecule has 1 aliphatic heterocycles. The fourth-order valence-electron chi connectivity index (χ4n) is 7.13. The van der Waals surface area contributed by atoms with Crippen molar-refractivity contribution in [2.45, 2.75) is 160 Å². The number of hydrazine groups is 1. The molecule has 0 spiro atoms. The molecule has 1 atom stereocenters. The molecule has 60 heavy (non-hydrogen) atoms. The van der Waals surface area contributed by atoms with Crippen LogP contribution in [0.4, 0.5) is 17.1 Å². The van der Waals surface area contributed by atoms with E-state index in [0.29, 0.717) is 39.6 Å². The molecule has 2 N–H and O–H groups in total. The van der Waals surface area contributed by atoms with Crippen LogP contribution < -0.4 is 20.5 Å². The number of carbonyl (C=O) groups excluding carboxylic acids is 2. The van der Waals surface area contributed by atoms with E-state index in [1.807, 2.05) is 0 Å². The van der Waals surface area contributed by atoms with Crippen LogP contribution in [0.5, 0.6) is 5.75 Å². The molecule has 1 unspecified atom stereocenters. The molecule has 4 rings (SSSR count). The summed E-state index contributed by atoms with van der Waals surface area (Å²) in [6.07, 6.45) is 13.8. The van der Waals surface area contributed by atoms with Crippen LogP contribution in [0.15, 0.2) is 52.4 Å². The number of ether oxygens (including phenoxy) is 1. The monoisotopic (exact) mass is 918 g/mol. The van der Waals surface area contributed by atoms with E-state index in [0.717, 1.165) is 41.0 Å². The molecule has 1 aliphatic rings. The topological polar surface area (TPSA) is 83.0 Å². The average Bonchev–Trinajstić information content (AvgIpc) is 3.47. The second-order valence-corrected chi connectivity index (χ2v) is 20.6. The molecule has 0 saturated carbocycles. The number of thioether (sulfide) groups is 1. The number of rotatable bonds is 22. The van der Waals surface area contributed by atoms with E-state index in [4.69, 9.17) is 56.1 Å². The van der Waals surface area contributed by atoms with Crippen molar-refractivity contribution in [3.8, 4) is 5.75 Å². The number of unbranched alkanes of at least 4 members (excludes halogenated alkanes) is 10. The molecule has 1 heterocycles. The van der Waals surface area contributed by atoms with Gasteiger partial charge in [-0.25, -0.2) is 10.0 Å². The van der Waals surface area contributed by atoms with Crippen molar-refractivity contribution in [2.75, 3.05) is 17.4 Å². The largest absolute Gasteiger partial charge is 0.496 e. The molecule has 0 radical (unpaired) electrons. The first kappa shape index (κ1) is 50.0. The Morgan fingerprint density at radius 3 is 1.90 bits per heavy atom. The van der Waals surface area contributed by atoms with Crippen LogP contribution in [0.1, 0.15) is 150 Å². The van der Waals surface area contributed by atoms with Gasteiger partial charge in [0.1, 0.15) is 22.5 Å². The van der Waals surface area contributed by atoms with Crippen molar-refractivity contribution in [3.63, 3.8) is 0 Å². The van der Waals surface area contributed by atoms with Gasteiger partial charge in [-0.05, 0) is 77.1 Å². The van der Waals surface area contributed by atoms with Gasteiger partial charge in [-0.1, -0.05) is 173 Å². The van der Waals surface area contributed by atoms with Gasteiger partial charge in [0.2, 0.25) is 5.91 Å². The summed E-state index contributed by atoms with van der Waals surface area (Å²) in [6, 6.07) is 12.6. The Kier molecular flexibility index (Phi) is 18.9. The second-order valence-electron chi connectivity index (χ2n) is 17.8. The Morgan fingerprint density at radius 2 is 1.35 bits per heavy atom. The van der Waals surface area contributed by atoms with E-state index in [1.165, 1.54) is 68.1 Å². The number of aliphatic imine (C=N–C) groups is 1. The lowest BCUT2D eigenvalue weighted by Crippen LogP contribution is -2.36. The predicted molar refractivity (Wildman–Crippen MR) is 259 cm³/mol. The van der Waals surface area contributed by atoms with Crippen LogP contribution in [-0.2, 0) is 20.4 Å². The predicted octanol–water partition coefficient (Wildman–Crippen LogP) is 15.6. The third-order valence-corrected chi connectivity index (χ3v) is 14.8. The van der Waals surface area contributed by atoms with Crippen molar-refractivity contribution in [2.24, 2.45) is 16.8 Å². The van der Waals surface area contributed by atoms with Gasteiger partial charge in [0.15, 0.2) is 0 Å². The quantitative estimate of drug-likeness (QED) is 0.0981. The number of benzene rings is 3. The van der Waals surface area contributed by atoms with Crippen molar-refractivity contribution >= 4 is 92.9 Å². The molecule has 330 valence electrons. The highest BCUT2D eigenvalue weighted by molar-refractivity contribution is 8.01. The van der Waals surface area contributed by atoms with Crippen LogP contribution in [-0.4, -0.2) is 30.0 Å². The van der Waals surface area contributed by atoms with E-state index in [-0.39, 0.29) is 44.3 Å². The Morgan fingerprint density at radius 1 is 0.800 bits per heavy atom. The molecule has 3 aromatic rings. The van der Waals surface area contributed by atoms with Crippen LogP contribution in [0.2, 0.25) is 20.1 Å². The summed E-state index contributed by atoms with van der Waals surface area (Å²) in [6.45, 7) is 19.9. The number of methoxy groups -OCH3 is 1. The zero-order valence-electron chi connectivity index (χ0n) is 37.3. The smallest absolute Gasteiger partial charge is 0.267 e. The first-order chi connectivity index (χ1) is 28.3. The normalized spacial score (nSPS) is 15.4. The number of hydrogen-bond donors (Lipinski definition) is 2. The molecule has 12 heteroatoms. The van der Waals surface area contributed by atoms with E-state index >= 15 is 0 Å². The number of carbonyl (C=O) groups is 2. The fraction of sp³-hybridized carbons (Fsp3) is 0.562. The van der Waals surface area contributed by atoms with Crippen LogP contribution in [0.3, 0.4) is 0 Å². The molecular weight excluding hydrogens is 854 g/mol. The van der Waals surface area contributed by atoms with Gasteiger partial charge in [0, 0.05) is 27.6 Å². The summed E-state index contributed by atoms with van der Waals surface area (Å²) in [7, 11) is 1.71. The first-order valence-corrected chi connectivity index (χ1v) is 24.0. The Hall–Kier alpha value is -2.62. The summed E-state index contributed by atoms with van der Waals surface area (Å²) in [5.74, 6) is 1.29. The summed E-state index contributed by atoms with van der Waals surface area (Å²) >= 11 is 27.9. The van der Waals surface area contributed by atoms with Gasteiger partial charge < -0.3 is 10.1 Å². The number of halogens is 4. The third-order valence-electron chi connectivity index (χ3n) is 12.4. The highest BCUT2D eigenvalue weighted by atomic mass is 35.5. The number of amidine groups is 1. The minimum atomic E-state index is -0.867. The minimum Gasteiger partial charge on any atom is -0.496 e. The maximum absolute atomic E-state index is 14.7. The van der Waals surface area contributed by atoms with Crippen LogP contribution >= 0.6 is 58.2 Å². The highest BCUT2D eigenvalue weighted by Gasteiger charge is 2.43. The molecule has 1 saturated heterocycles. The zero-order valence-corrected chi connectivity index (χ0v) is 41.1. The summed E-state index contributed by atoms with van der Waals surface area (Å²) in [4.78, 5) is 33.7. The molecule has 0 aliphatic carbocycles. The van der Waals surface area contributed by atoms with Gasteiger partial charge in [-0.2, -0.15) is 0 Å². The number of nitrogens with zero attached hydrogens (tertiary/aromatic N) is 2. The number of anilines is 2. The first-order valence-electron chi connectivity index (χ1n) is 21.7. The molecule has 2 amide bonds. The summed E-state index contributed by atoms with van der Waals surface area (Å²) < 4.78 is 6.06. The lowest BCUT2D eigenvalue weighted by Gasteiger charge is -2.36. The van der Waals surface area contributed by atoms with Crippen LogP contribution in [0, 0.1) is 11.8 Å². The summed E-state index contributed by atoms with van der Waals surface area (Å²) in [5.41, 5.74) is 5.99. The maximum Gasteiger partial charge on any atom is 0.267 e. The molecule has 0 aromatic heterocycles. The van der Waals surface area contributed by atoms with Gasteiger partial charge >= 0.3 is 0 Å². The van der Waals surface area contributed by atoms with Crippen molar-refractivity contribution < 1.29 is 14.3 Å². The number of nitrogens with one attached hydrogen (secondary N) is 2. The van der Waals surface area contributed by atoms with Crippen LogP contribution in [0.25, 0.3) is 0 Å². The Bertz CT molecular complexity index is 1960. The van der Waals surface area contributed by atoms with Crippen molar-refractivity contribution in [3.05, 3.63) is 73.7 Å². The standard InChI is InChI=1S/C48H66Cl4N4O3S/c1-11-12-13-14-15-16-17-18-19-20-21-22-42(57)53-33-23-24-36(50)39(27-33)54-45-44(46(58)56(55-45)43-37(51)25-32(49)26-38(43)52)60-41-29-34(47(6,7)30(2)3)40(59-10)28-35(41)48(8,9)31(4)5/h23-31,44H,11-22H2,1-10H3,(H,53,57)(H,54,55). The number of hydrogen-bond acceptors (Lipinski definition) is 5. The van der Waals surface area contributed by atoms with Crippen molar-refractivity contribution in [1.82, 2.24) is 5.43 Å². The molecule has 7 nitrogen and oxygen atoms in total. The number of amides is 2. The Labute approximate surface area is 384 Å². The van der Waals surface area contributed by atoms with Gasteiger partial charge in [0.25, 0.3) is 5.91 Å². The summed E-state index contributed by atoms with van der Waals surface area (Å²) in [5, 5.41) is 4.60. The van der Waals surface area contributed by atoms with E-state index < -0.39 is 5.25 Å². The molecule has 0 bridgehead atoms. The van der Waals surface area contributed by atoms with E-state index in [9.17, 15) is 9.59 Å². The third kappa shape index (κ3) is 12.7. The lowest BCUT2D eigenvalue weighted by molar-refractivity contribution is -0.117. The van der Waals surface area contributed by atoms with Crippen molar-refractivity contribution in [1.29, 1.82) is 0 Å². The fourth-order valence-corrected chi connectivity index (χ4v) is 9.59. The Balaban J connectivity index is 1.67. The van der Waals surface area contributed by atoms with E-state index in [2.05, 4.69) is 85.2 Å². The molecular formula is C48H66Cl4N4O3S. The average molecular weight is 921 g/mol. The minimum absolute atomic E-state index is 0.0624. The van der Waals surface area contributed by atoms with Gasteiger partial charge in [0.05, 0.1) is 27.9 Å². The second kappa shape index (κ2) is 22.6. The SMILES string of the molecule is CCCCCCCCCCCCCC(=O)Nc1ccc(Cl)c(N=C2NN(c3c(Cl)cc(Cl)cc3Cl)C(=O)C2Sc2cc(C(C)(C)C(C)C)c(OC)cc2C(C)(C)C(C)C)c1.